The van der Waals surface area contributed by atoms with E-state index in [1.807, 2.05) is 36.4 Å². The largest absolute Gasteiger partial charge is 0.379 e. The summed E-state index contributed by atoms with van der Waals surface area (Å²) in [6, 6.07) is 14.8. The van der Waals surface area contributed by atoms with Crippen LogP contribution in [0.3, 0.4) is 0 Å². The van der Waals surface area contributed by atoms with Gasteiger partial charge in [-0.1, -0.05) is 36.4 Å². The van der Waals surface area contributed by atoms with Crippen LogP contribution in [-0.2, 0) is 6.42 Å². The quantitative estimate of drug-likeness (QED) is 0.669. The first-order chi connectivity index (χ1) is 11.9. The predicted octanol–water partition coefficient (Wildman–Crippen LogP) is 3.19. The van der Waals surface area contributed by atoms with E-state index in [1.54, 1.807) is 25.3 Å². The van der Waals surface area contributed by atoms with E-state index in [0.717, 1.165) is 23.2 Å². The van der Waals surface area contributed by atoms with Crippen molar-refractivity contribution in [3.05, 3.63) is 76.9 Å². The number of hydrogen-bond acceptors (Lipinski definition) is 3. The summed E-state index contributed by atoms with van der Waals surface area (Å²) in [4.78, 5) is 24.6. The number of benzene rings is 2. The monoisotopic (exact) mass is 334 g/mol. The third-order valence-electron chi connectivity index (χ3n) is 4.33. The summed E-state index contributed by atoms with van der Waals surface area (Å²) in [5.74, 6) is -0.196. The number of amides is 1. The van der Waals surface area contributed by atoms with Crippen molar-refractivity contribution in [2.75, 3.05) is 7.05 Å². The maximum Gasteiger partial charge on any atom is 0.251 e. The highest BCUT2D eigenvalue weighted by Gasteiger charge is 2.28. The van der Waals surface area contributed by atoms with Gasteiger partial charge in [0.25, 0.3) is 5.91 Å². The van der Waals surface area contributed by atoms with Crippen LogP contribution in [0.4, 0.5) is 0 Å². The third kappa shape index (κ3) is 3.63. The van der Waals surface area contributed by atoms with Crippen molar-refractivity contribution in [1.82, 2.24) is 10.6 Å². The number of ketones is 1. The summed E-state index contributed by atoms with van der Waals surface area (Å²) >= 11 is 0. The lowest BCUT2D eigenvalue weighted by atomic mass is 9.84. The maximum absolute atomic E-state index is 12.6. The van der Waals surface area contributed by atoms with Crippen molar-refractivity contribution < 1.29 is 9.59 Å². The molecule has 0 saturated carbocycles. The van der Waals surface area contributed by atoms with Gasteiger partial charge in [-0.2, -0.15) is 0 Å². The van der Waals surface area contributed by atoms with Crippen LogP contribution in [-0.4, -0.2) is 24.3 Å². The number of allylic oxidation sites excluding steroid dienone is 1. The second kappa shape index (κ2) is 6.55. The van der Waals surface area contributed by atoms with E-state index in [-0.39, 0.29) is 17.2 Å². The van der Waals surface area contributed by atoms with E-state index in [9.17, 15) is 9.59 Å². The fourth-order valence-electron chi connectivity index (χ4n) is 3.15. The number of carbonyl (C=O) groups excluding carboxylic acids is 2. The number of nitrogens with one attached hydrogen (secondary N) is 2. The second-order valence-electron chi connectivity index (χ2n) is 6.92. The molecule has 0 atom stereocenters. The van der Waals surface area contributed by atoms with Gasteiger partial charge in [-0.25, -0.2) is 0 Å². The van der Waals surface area contributed by atoms with Crippen LogP contribution in [0.15, 0.2) is 54.6 Å². The molecule has 1 amide bonds. The Morgan fingerprint density at radius 2 is 1.80 bits per heavy atom. The molecule has 0 bridgehead atoms. The molecular formula is C21H22N2O2. The fraction of sp³-hybridized carbons (Fsp3) is 0.238. The highest BCUT2D eigenvalue weighted by Crippen LogP contribution is 2.30. The van der Waals surface area contributed by atoms with Crippen molar-refractivity contribution in [3.8, 4) is 0 Å². The van der Waals surface area contributed by atoms with Gasteiger partial charge in [0.2, 0.25) is 0 Å². The van der Waals surface area contributed by atoms with Crippen LogP contribution in [0.5, 0.6) is 0 Å². The normalized spacial score (nSPS) is 16.7. The average Bonchev–Trinajstić information content (AvgIpc) is 2.60. The Kier molecular flexibility index (Phi) is 4.45. The highest BCUT2D eigenvalue weighted by atomic mass is 16.1. The van der Waals surface area contributed by atoms with Crippen molar-refractivity contribution >= 4 is 17.4 Å². The first-order valence-corrected chi connectivity index (χ1v) is 8.34. The molecule has 0 radical (unpaired) electrons. The molecular weight excluding hydrogens is 312 g/mol. The van der Waals surface area contributed by atoms with E-state index < -0.39 is 0 Å². The van der Waals surface area contributed by atoms with Gasteiger partial charge in [-0.05, 0) is 38.0 Å². The molecule has 0 saturated heterocycles. The van der Waals surface area contributed by atoms with Gasteiger partial charge in [0.15, 0.2) is 5.78 Å². The third-order valence-corrected chi connectivity index (χ3v) is 4.33. The Balaban J connectivity index is 2.06. The molecule has 0 aromatic heterocycles. The van der Waals surface area contributed by atoms with Crippen LogP contribution < -0.4 is 10.6 Å². The highest BCUT2D eigenvalue weighted by molar-refractivity contribution is 6.08. The standard InChI is InChI=1S/C21H22N2O2/c1-21(2)13-16-10-9-15(20(25)22-3)11-17(16)18(23-21)12-19(24)14-7-5-4-6-8-14/h4-12,23H,13H2,1-3H3,(H,22,25). The molecule has 2 aromatic rings. The van der Waals surface area contributed by atoms with Crippen molar-refractivity contribution in [2.24, 2.45) is 0 Å². The van der Waals surface area contributed by atoms with Gasteiger partial charge in [0.05, 0.1) is 0 Å². The van der Waals surface area contributed by atoms with E-state index in [2.05, 4.69) is 24.5 Å². The van der Waals surface area contributed by atoms with Crippen molar-refractivity contribution in [2.45, 2.75) is 25.8 Å². The lowest BCUT2D eigenvalue weighted by Crippen LogP contribution is -2.44. The average molecular weight is 334 g/mol. The molecule has 128 valence electrons. The number of hydrogen-bond donors (Lipinski definition) is 2. The topological polar surface area (TPSA) is 58.2 Å². The van der Waals surface area contributed by atoms with Gasteiger partial charge in [-0.15, -0.1) is 0 Å². The Morgan fingerprint density at radius 1 is 1.08 bits per heavy atom. The lowest BCUT2D eigenvalue weighted by molar-refractivity contribution is 0.0962. The van der Waals surface area contributed by atoms with Gasteiger partial charge in [0.1, 0.15) is 0 Å². The first-order valence-electron chi connectivity index (χ1n) is 8.34. The van der Waals surface area contributed by atoms with Crippen LogP contribution in [0, 0.1) is 0 Å². The zero-order valence-corrected chi connectivity index (χ0v) is 14.7. The number of fused-ring (bicyclic) bond motifs is 1. The number of rotatable bonds is 3. The van der Waals surface area contributed by atoms with E-state index >= 15 is 0 Å². The minimum absolute atomic E-state index is 0.0582. The molecule has 4 heteroatoms. The summed E-state index contributed by atoms with van der Waals surface area (Å²) in [5.41, 5.74) is 3.86. The van der Waals surface area contributed by atoms with Crippen molar-refractivity contribution in [3.63, 3.8) is 0 Å². The molecule has 2 aromatic carbocycles. The molecule has 2 N–H and O–H groups in total. The summed E-state index contributed by atoms with van der Waals surface area (Å²) in [5, 5.41) is 6.08. The molecule has 0 aliphatic carbocycles. The Bertz CT molecular complexity index is 851. The maximum atomic E-state index is 12.6. The zero-order chi connectivity index (χ0) is 18.0. The SMILES string of the molecule is CNC(=O)c1ccc2c(c1)C(=CC(=O)c1ccccc1)NC(C)(C)C2. The van der Waals surface area contributed by atoms with Crippen LogP contribution in [0.25, 0.3) is 5.70 Å². The van der Waals surface area contributed by atoms with Gasteiger partial charge in [-0.3, -0.25) is 9.59 Å². The van der Waals surface area contributed by atoms with E-state index in [1.165, 1.54) is 0 Å². The summed E-state index contributed by atoms with van der Waals surface area (Å²) in [6.45, 7) is 4.20. The Hall–Kier alpha value is -2.88. The molecule has 1 aliphatic heterocycles. The molecule has 4 nitrogen and oxygen atoms in total. The second-order valence-corrected chi connectivity index (χ2v) is 6.92. The molecule has 0 spiro atoms. The van der Waals surface area contributed by atoms with Gasteiger partial charge >= 0.3 is 0 Å². The minimum Gasteiger partial charge on any atom is -0.379 e. The van der Waals surface area contributed by atoms with Crippen LogP contribution >= 0.6 is 0 Å². The lowest BCUT2D eigenvalue weighted by Gasteiger charge is -2.35. The smallest absolute Gasteiger partial charge is 0.251 e. The zero-order valence-electron chi connectivity index (χ0n) is 14.7. The molecule has 3 rings (SSSR count). The van der Waals surface area contributed by atoms with Crippen LogP contribution in [0.2, 0.25) is 0 Å². The number of carbonyl (C=O) groups is 2. The first kappa shape index (κ1) is 17.0. The molecule has 25 heavy (non-hydrogen) atoms. The van der Waals surface area contributed by atoms with Gasteiger partial charge < -0.3 is 10.6 Å². The predicted molar refractivity (Wildman–Crippen MR) is 99.5 cm³/mol. The Labute approximate surface area is 148 Å². The van der Waals surface area contributed by atoms with Gasteiger partial charge in [0, 0.05) is 41.1 Å². The molecule has 1 aliphatic rings. The Morgan fingerprint density at radius 3 is 2.48 bits per heavy atom. The van der Waals surface area contributed by atoms with Crippen molar-refractivity contribution in [1.29, 1.82) is 0 Å². The van der Waals surface area contributed by atoms with E-state index in [4.69, 9.17) is 0 Å². The van der Waals surface area contributed by atoms with E-state index in [0.29, 0.717) is 11.1 Å². The summed E-state index contributed by atoms with van der Waals surface area (Å²) in [6.07, 6.45) is 2.45. The fourth-order valence-corrected chi connectivity index (χ4v) is 3.15. The minimum atomic E-state index is -0.162. The molecule has 1 heterocycles. The summed E-state index contributed by atoms with van der Waals surface area (Å²) in [7, 11) is 1.61. The molecule has 0 fully saturated rings. The molecule has 0 unspecified atom stereocenters. The van der Waals surface area contributed by atoms with Crippen LogP contribution in [0.1, 0.15) is 45.7 Å². The summed E-state index contributed by atoms with van der Waals surface area (Å²) < 4.78 is 0.